The van der Waals surface area contributed by atoms with Crippen LogP contribution in [0.15, 0.2) is 29.3 Å². The van der Waals surface area contributed by atoms with Crippen molar-refractivity contribution in [3.8, 4) is 0 Å². The minimum atomic E-state index is 0.660. The molecular formula is C16H27ClN4O. The third kappa shape index (κ3) is 7.64. The number of halogens is 1. The molecule has 0 aliphatic carbocycles. The molecular weight excluding hydrogens is 300 g/mol. The van der Waals surface area contributed by atoms with Crippen molar-refractivity contribution in [1.29, 1.82) is 0 Å². The first-order chi connectivity index (χ1) is 10.7. The second-order valence-corrected chi connectivity index (χ2v) is 5.50. The van der Waals surface area contributed by atoms with E-state index in [0.717, 1.165) is 49.2 Å². The van der Waals surface area contributed by atoms with Crippen molar-refractivity contribution in [3.63, 3.8) is 0 Å². The summed E-state index contributed by atoms with van der Waals surface area (Å²) in [5.41, 5.74) is 1.06. The van der Waals surface area contributed by atoms with Crippen molar-refractivity contribution < 1.29 is 4.74 Å². The number of aliphatic imine (C=N–C) groups is 1. The predicted molar refractivity (Wildman–Crippen MR) is 93.6 cm³/mol. The van der Waals surface area contributed by atoms with E-state index < -0.39 is 0 Å². The molecule has 22 heavy (non-hydrogen) atoms. The molecule has 0 unspecified atom stereocenters. The topological polar surface area (TPSA) is 48.9 Å². The van der Waals surface area contributed by atoms with Crippen molar-refractivity contribution in [1.82, 2.24) is 15.5 Å². The SMILES string of the molecule is CN=C(NCCCN(C)CCOC)NCc1ccccc1Cl. The van der Waals surface area contributed by atoms with Gasteiger partial charge in [-0.15, -0.1) is 0 Å². The van der Waals surface area contributed by atoms with E-state index in [1.807, 2.05) is 24.3 Å². The summed E-state index contributed by atoms with van der Waals surface area (Å²) in [6.45, 7) is 4.28. The normalized spacial score (nSPS) is 11.8. The first kappa shape index (κ1) is 18.7. The van der Waals surface area contributed by atoms with Crippen molar-refractivity contribution in [3.05, 3.63) is 34.9 Å². The number of hydrogen-bond donors (Lipinski definition) is 2. The fourth-order valence-electron chi connectivity index (χ4n) is 1.96. The Morgan fingerprint density at radius 2 is 2.05 bits per heavy atom. The fourth-order valence-corrected chi connectivity index (χ4v) is 2.16. The number of likely N-dealkylation sites (N-methyl/N-ethyl adjacent to an activating group) is 1. The molecule has 0 aliphatic heterocycles. The molecule has 1 aromatic rings. The van der Waals surface area contributed by atoms with Crippen LogP contribution in [0.25, 0.3) is 0 Å². The average Bonchev–Trinajstić information content (AvgIpc) is 2.53. The number of nitrogens with zero attached hydrogens (tertiary/aromatic N) is 2. The number of rotatable bonds is 9. The summed E-state index contributed by atoms with van der Waals surface area (Å²) in [4.78, 5) is 6.47. The summed E-state index contributed by atoms with van der Waals surface area (Å²) < 4.78 is 5.06. The minimum Gasteiger partial charge on any atom is -0.383 e. The summed E-state index contributed by atoms with van der Waals surface area (Å²) in [6.07, 6.45) is 1.05. The molecule has 0 aromatic heterocycles. The molecule has 1 rings (SSSR count). The molecule has 0 heterocycles. The molecule has 0 bridgehead atoms. The number of hydrogen-bond acceptors (Lipinski definition) is 3. The van der Waals surface area contributed by atoms with E-state index in [1.54, 1.807) is 14.2 Å². The van der Waals surface area contributed by atoms with Gasteiger partial charge in [0.15, 0.2) is 5.96 Å². The van der Waals surface area contributed by atoms with Crippen LogP contribution in [0.3, 0.4) is 0 Å². The zero-order chi connectivity index (χ0) is 16.2. The minimum absolute atomic E-state index is 0.660. The van der Waals surface area contributed by atoms with E-state index in [1.165, 1.54) is 0 Å². The molecule has 0 fully saturated rings. The highest BCUT2D eigenvalue weighted by Crippen LogP contribution is 2.14. The summed E-state index contributed by atoms with van der Waals surface area (Å²) in [7, 11) is 5.60. The Kier molecular flexibility index (Phi) is 9.62. The highest BCUT2D eigenvalue weighted by Gasteiger charge is 2.02. The van der Waals surface area contributed by atoms with Crippen molar-refractivity contribution in [2.45, 2.75) is 13.0 Å². The van der Waals surface area contributed by atoms with E-state index >= 15 is 0 Å². The largest absolute Gasteiger partial charge is 0.383 e. The second-order valence-electron chi connectivity index (χ2n) is 5.09. The monoisotopic (exact) mass is 326 g/mol. The molecule has 0 saturated heterocycles. The summed E-state index contributed by atoms with van der Waals surface area (Å²) >= 11 is 6.14. The van der Waals surface area contributed by atoms with Gasteiger partial charge in [0.05, 0.1) is 6.61 Å². The van der Waals surface area contributed by atoms with Crippen LogP contribution in [0, 0.1) is 0 Å². The van der Waals surface area contributed by atoms with Gasteiger partial charge in [-0.1, -0.05) is 29.8 Å². The molecule has 0 atom stereocenters. The lowest BCUT2D eigenvalue weighted by Crippen LogP contribution is -2.38. The lowest BCUT2D eigenvalue weighted by atomic mass is 10.2. The second kappa shape index (κ2) is 11.3. The van der Waals surface area contributed by atoms with Gasteiger partial charge in [0.1, 0.15) is 0 Å². The van der Waals surface area contributed by atoms with Crippen molar-refractivity contribution >= 4 is 17.6 Å². The van der Waals surface area contributed by atoms with E-state index in [2.05, 4.69) is 27.6 Å². The van der Waals surface area contributed by atoms with Crippen LogP contribution in [0.2, 0.25) is 5.02 Å². The van der Waals surface area contributed by atoms with E-state index in [0.29, 0.717) is 6.54 Å². The van der Waals surface area contributed by atoms with E-state index in [-0.39, 0.29) is 0 Å². The summed E-state index contributed by atoms with van der Waals surface area (Å²) in [5, 5.41) is 7.35. The smallest absolute Gasteiger partial charge is 0.191 e. The van der Waals surface area contributed by atoms with Gasteiger partial charge in [0.25, 0.3) is 0 Å². The Labute approximate surface area is 138 Å². The third-order valence-electron chi connectivity index (χ3n) is 3.31. The van der Waals surface area contributed by atoms with Crippen LogP contribution in [-0.2, 0) is 11.3 Å². The first-order valence-electron chi connectivity index (χ1n) is 7.52. The van der Waals surface area contributed by atoms with E-state index in [9.17, 15) is 0 Å². The van der Waals surface area contributed by atoms with Crippen LogP contribution < -0.4 is 10.6 Å². The highest BCUT2D eigenvalue weighted by atomic mass is 35.5. The number of benzene rings is 1. The maximum atomic E-state index is 6.14. The van der Waals surface area contributed by atoms with Crippen LogP contribution >= 0.6 is 11.6 Å². The fraction of sp³-hybridized carbons (Fsp3) is 0.562. The Hall–Kier alpha value is -1.30. The van der Waals surface area contributed by atoms with Gasteiger partial charge in [-0.2, -0.15) is 0 Å². The maximum absolute atomic E-state index is 6.14. The molecule has 124 valence electrons. The molecule has 6 heteroatoms. The van der Waals surface area contributed by atoms with Crippen LogP contribution in [0.1, 0.15) is 12.0 Å². The Morgan fingerprint density at radius 3 is 2.73 bits per heavy atom. The Bertz CT molecular complexity index is 454. The highest BCUT2D eigenvalue weighted by molar-refractivity contribution is 6.31. The van der Waals surface area contributed by atoms with Gasteiger partial charge in [0, 0.05) is 38.8 Å². The van der Waals surface area contributed by atoms with Gasteiger partial charge in [-0.05, 0) is 31.6 Å². The molecule has 0 saturated carbocycles. The zero-order valence-electron chi connectivity index (χ0n) is 13.7. The third-order valence-corrected chi connectivity index (χ3v) is 3.68. The quantitative estimate of drug-likeness (QED) is 0.414. The van der Waals surface area contributed by atoms with Gasteiger partial charge in [-0.25, -0.2) is 0 Å². The number of methoxy groups -OCH3 is 1. The number of ether oxygens (including phenoxy) is 1. The van der Waals surface area contributed by atoms with Gasteiger partial charge >= 0.3 is 0 Å². The number of nitrogens with one attached hydrogen (secondary N) is 2. The molecule has 2 N–H and O–H groups in total. The van der Waals surface area contributed by atoms with Gasteiger partial charge < -0.3 is 20.3 Å². The molecule has 0 amide bonds. The first-order valence-corrected chi connectivity index (χ1v) is 7.90. The standard InChI is InChI=1S/C16H27ClN4O/c1-18-16(19-9-6-10-21(2)11-12-22-3)20-13-14-7-4-5-8-15(14)17/h4-5,7-8H,6,9-13H2,1-3H3,(H2,18,19,20). The average molecular weight is 327 g/mol. The van der Waals surface area contributed by atoms with Crippen molar-refractivity contribution in [2.24, 2.45) is 4.99 Å². The lowest BCUT2D eigenvalue weighted by Gasteiger charge is -2.17. The predicted octanol–water partition coefficient (Wildman–Crippen LogP) is 1.97. The van der Waals surface area contributed by atoms with Crippen LogP contribution in [-0.4, -0.2) is 58.3 Å². The van der Waals surface area contributed by atoms with Crippen LogP contribution in [0.5, 0.6) is 0 Å². The molecule has 5 nitrogen and oxygen atoms in total. The maximum Gasteiger partial charge on any atom is 0.191 e. The summed E-state index contributed by atoms with van der Waals surface area (Å²) in [6, 6.07) is 7.81. The number of guanidine groups is 1. The molecule has 0 aliphatic rings. The molecule has 0 spiro atoms. The van der Waals surface area contributed by atoms with Crippen LogP contribution in [0.4, 0.5) is 0 Å². The van der Waals surface area contributed by atoms with E-state index in [4.69, 9.17) is 16.3 Å². The Balaban J connectivity index is 2.22. The Morgan fingerprint density at radius 1 is 1.27 bits per heavy atom. The lowest BCUT2D eigenvalue weighted by molar-refractivity contribution is 0.161. The van der Waals surface area contributed by atoms with Gasteiger partial charge in [-0.3, -0.25) is 4.99 Å². The summed E-state index contributed by atoms with van der Waals surface area (Å²) in [5.74, 6) is 0.791. The molecule has 1 aromatic carbocycles. The molecule has 0 radical (unpaired) electrons. The zero-order valence-corrected chi connectivity index (χ0v) is 14.5. The van der Waals surface area contributed by atoms with Crippen molar-refractivity contribution in [2.75, 3.05) is 47.4 Å². The van der Waals surface area contributed by atoms with Gasteiger partial charge in [0.2, 0.25) is 0 Å².